The minimum atomic E-state index is -0.650. The molecule has 0 aromatic heterocycles. The normalized spacial score (nSPS) is 10.9. The van der Waals surface area contributed by atoms with Crippen molar-refractivity contribution < 1.29 is 14.3 Å². The third kappa shape index (κ3) is 4.47. The van der Waals surface area contributed by atoms with Crippen LogP contribution in [-0.2, 0) is 10.3 Å². The third-order valence-corrected chi connectivity index (χ3v) is 4.52. The molecule has 0 aliphatic carbocycles. The predicted octanol–water partition coefficient (Wildman–Crippen LogP) is 4.15. The van der Waals surface area contributed by atoms with E-state index in [0.717, 1.165) is 16.9 Å². The van der Waals surface area contributed by atoms with E-state index in [1.807, 2.05) is 67.6 Å². The molecule has 0 aliphatic heterocycles. The first kappa shape index (κ1) is 18.5. The Balaban J connectivity index is 1.75. The Labute approximate surface area is 159 Å². The second kappa shape index (κ2) is 8.41. The van der Waals surface area contributed by atoms with Crippen LogP contribution in [0.3, 0.4) is 0 Å². The fraction of sp³-hybridized carbons (Fsp3) is 0.174. The Hall–Kier alpha value is -3.27. The molecule has 3 rings (SSSR count). The van der Waals surface area contributed by atoms with Gasteiger partial charge in [0.1, 0.15) is 11.5 Å². The maximum Gasteiger partial charge on any atom is 0.258 e. The van der Waals surface area contributed by atoms with E-state index in [1.165, 1.54) is 0 Å². The summed E-state index contributed by atoms with van der Waals surface area (Å²) < 4.78 is 10.7. The average molecular weight is 361 g/mol. The maximum atomic E-state index is 12.6. The quantitative estimate of drug-likeness (QED) is 0.688. The first-order valence-electron chi connectivity index (χ1n) is 8.81. The fourth-order valence-electron chi connectivity index (χ4n) is 2.99. The number of nitrogens with one attached hydrogen (secondary N) is 1. The largest absolute Gasteiger partial charge is 0.497 e. The topological polar surface area (TPSA) is 47.6 Å². The van der Waals surface area contributed by atoms with Crippen molar-refractivity contribution in [3.05, 3.63) is 96.1 Å². The molecule has 4 nitrogen and oxygen atoms in total. The first-order chi connectivity index (χ1) is 13.1. The zero-order valence-electron chi connectivity index (χ0n) is 15.5. The number of hydrogen-bond acceptors (Lipinski definition) is 3. The molecule has 0 bridgehead atoms. The molecule has 0 spiro atoms. The van der Waals surface area contributed by atoms with Gasteiger partial charge in [-0.15, -0.1) is 0 Å². The molecule has 0 atom stereocenters. The van der Waals surface area contributed by atoms with Gasteiger partial charge in [-0.1, -0.05) is 60.7 Å². The van der Waals surface area contributed by atoms with Crippen LogP contribution in [0, 0.1) is 0 Å². The van der Waals surface area contributed by atoms with Gasteiger partial charge < -0.3 is 14.8 Å². The Morgan fingerprint density at radius 2 is 1.30 bits per heavy atom. The number of ether oxygens (including phenoxy) is 2. The highest BCUT2D eigenvalue weighted by molar-refractivity contribution is 5.79. The molecular weight excluding hydrogens is 338 g/mol. The van der Waals surface area contributed by atoms with Crippen LogP contribution in [0.4, 0.5) is 0 Å². The summed E-state index contributed by atoms with van der Waals surface area (Å²) in [5.41, 5.74) is 1.37. The molecule has 0 fully saturated rings. The highest BCUT2D eigenvalue weighted by Gasteiger charge is 2.30. The average Bonchev–Trinajstić information content (AvgIpc) is 2.74. The SMILES string of the molecule is COc1ccc(OCC(=O)NC(C)(c2ccccc2)c2ccccc2)cc1. The van der Waals surface area contributed by atoms with Crippen LogP contribution in [0.2, 0.25) is 0 Å². The number of carbonyl (C=O) groups excluding carboxylic acids is 1. The molecular formula is C23H23NO3. The first-order valence-corrected chi connectivity index (χ1v) is 8.81. The predicted molar refractivity (Wildman–Crippen MR) is 106 cm³/mol. The minimum Gasteiger partial charge on any atom is -0.497 e. The summed E-state index contributed by atoms with van der Waals surface area (Å²) in [7, 11) is 1.61. The van der Waals surface area contributed by atoms with Crippen LogP contribution in [0.1, 0.15) is 18.1 Å². The Morgan fingerprint density at radius 1 is 0.815 bits per heavy atom. The van der Waals surface area contributed by atoms with E-state index in [-0.39, 0.29) is 12.5 Å². The maximum absolute atomic E-state index is 12.6. The van der Waals surface area contributed by atoms with E-state index in [2.05, 4.69) is 5.32 Å². The molecule has 0 radical (unpaired) electrons. The van der Waals surface area contributed by atoms with Crippen LogP contribution in [0.25, 0.3) is 0 Å². The van der Waals surface area contributed by atoms with Crippen molar-refractivity contribution in [2.75, 3.05) is 13.7 Å². The van der Waals surface area contributed by atoms with Crippen LogP contribution < -0.4 is 14.8 Å². The van der Waals surface area contributed by atoms with Crippen LogP contribution in [0.15, 0.2) is 84.9 Å². The Kier molecular flexibility index (Phi) is 5.77. The van der Waals surface area contributed by atoms with Crippen molar-refractivity contribution in [1.82, 2.24) is 5.32 Å². The molecule has 1 N–H and O–H groups in total. The summed E-state index contributed by atoms with van der Waals surface area (Å²) in [5, 5.41) is 3.13. The van der Waals surface area contributed by atoms with Gasteiger partial charge in [0, 0.05) is 0 Å². The lowest BCUT2D eigenvalue weighted by Gasteiger charge is -2.32. The van der Waals surface area contributed by atoms with Crippen molar-refractivity contribution in [2.24, 2.45) is 0 Å². The minimum absolute atomic E-state index is 0.0679. The Morgan fingerprint density at radius 3 is 1.78 bits per heavy atom. The van der Waals surface area contributed by atoms with Gasteiger partial charge in [0.2, 0.25) is 0 Å². The lowest BCUT2D eigenvalue weighted by Crippen LogP contribution is -2.46. The summed E-state index contributed by atoms with van der Waals surface area (Å²) >= 11 is 0. The number of hydrogen-bond donors (Lipinski definition) is 1. The van der Waals surface area contributed by atoms with Gasteiger partial charge in [-0.25, -0.2) is 0 Å². The Bertz CT molecular complexity index is 822. The summed E-state index contributed by atoms with van der Waals surface area (Å²) in [4.78, 5) is 12.6. The van der Waals surface area contributed by atoms with Crippen LogP contribution in [0.5, 0.6) is 11.5 Å². The van der Waals surface area contributed by atoms with E-state index in [1.54, 1.807) is 31.4 Å². The van der Waals surface area contributed by atoms with Crippen molar-refractivity contribution >= 4 is 5.91 Å². The van der Waals surface area contributed by atoms with Crippen molar-refractivity contribution in [3.8, 4) is 11.5 Å². The number of amides is 1. The van der Waals surface area contributed by atoms with Gasteiger partial charge in [0.15, 0.2) is 6.61 Å². The molecule has 1 amide bonds. The number of carbonyl (C=O) groups is 1. The van der Waals surface area contributed by atoms with Gasteiger partial charge in [0.25, 0.3) is 5.91 Å². The molecule has 0 saturated heterocycles. The molecule has 0 saturated carbocycles. The number of benzene rings is 3. The van der Waals surface area contributed by atoms with Crippen molar-refractivity contribution in [3.63, 3.8) is 0 Å². The van der Waals surface area contributed by atoms with E-state index in [9.17, 15) is 4.79 Å². The third-order valence-electron chi connectivity index (χ3n) is 4.52. The van der Waals surface area contributed by atoms with E-state index < -0.39 is 5.54 Å². The van der Waals surface area contributed by atoms with Crippen LogP contribution in [-0.4, -0.2) is 19.6 Å². The summed E-state index contributed by atoms with van der Waals surface area (Å²) in [6.07, 6.45) is 0. The lowest BCUT2D eigenvalue weighted by molar-refractivity contribution is -0.124. The van der Waals surface area contributed by atoms with E-state index in [4.69, 9.17) is 9.47 Å². The molecule has 0 aliphatic rings. The second-order valence-corrected chi connectivity index (χ2v) is 6.37. The van der Waals surface area contributed by atoms with Gasteiger partial charge >= 0.3 is 0 Å². The zero-order valence-corrected chi connectivity index (χ0v) is 15.5. The number of rotatable bonds is 7. The summed E-state index contributed by atoms with van der Waals surface area (Å²) in [6.45, 7) is 1.94. The van der Waals surface area contributed by atoms with Gasteiger partial charge in [-0.2, -0.15) is 0 Å². The molecule has 0 unspecified atom stereocenters. The van der Waals surface area contributed by atoms with Gasteiger partial charge in [-0.3, -0.25) is 4.79 Å². The monoisotopic (exact) mass is 361 g/mol. The van der Waals surface area contributed by atoms with E-state index in [0.29, 0.717) is 5.75 Å². The molecule has 4 heteroatoms. The van der Waals surface area contributed by atoms with Gasteiger partial charge in [-0.05, 0) is 42.3 Å². The van der Waals surface area contributed by atoms with E-state index >= 15 is 0 Å². The highest BCUT2D eigenvalue weighted by Crippen LogP contribution is 2.29. The standard InChI is InChI=1S/C23H23NO3/c1-23(18-9-5-3-6-10-18,19-11-7-4-8-12-19)24-22(25)17-27-21-15-13-20(26-2)14-16-21/h3-16H,17H2,1-2H3,(H,24,25). The van der Waals surface area contributed by atoms with Crippen LogP contribution >= 0.6 is 0 Å². The molecule has 27 heavy (non-hydrogen) atoms. The fourth-order valence-corrected chi connectivity index (χ4v) is 2.99. The van der Waals surface area contributed by atoms with Crippen molar-refractivity contribution in [1.29, 1.82) is 0 Å². The zero-order chi connectivity index (χ0) is 19.1. The smallest absolute Gasteiger partial charge is 0.258 e. The van der Waals surface area contributed by atoms with Crippen molar-refractivity contribution in [2.45, 2.75) is 12.5 Å². The summed E-state index contributed by atoms with van der Waals surface area (Å²) in [5.74, 6) is 1.17. The highest BCUT2D eigenvalue weighted by atomic mass is 16.5. The van der Waals surface area contributed by atoms with Gasteiger partial charge in [0.05, 0.1) is 12.6 Å². The number of methoxy groups -OCH3 is 1. The second-order valence-electron chi connectivity index (χ2n) is 6.37. The molecule has 138 valence electrons. The molecule has 0 heterocycles. The molecule has 3 aromatic carbocycles. The molecule has 3 aromatic rings. The lowest BCUT2D eigenvalue weighted by atomic mass is 9.84. The summed E-state index contributed by atoms with van der Waals surface area (Å²) in [6, 6.07) is 27.0.